The van der Waals surface area contributed by atoms with Crippen LogP contribution in [0.4, 0.5) is 0 Å². The van der Waals surface area contributed by atoms with E-state index >= 15 is 0 Å². The van der Waals surface area contributed by atoms with Gasteiger partial charge in [-0.15, -0.1) is 0 Å². The van der Waals surface area contributed by atoms with E-state index in [0.717, 1.165) is 5.56 Å². The molecule has 116 valence electrons. The molecule has 2 aromatic carbocycles. The lowest BCUT2D eigenvalue weighted by molar-refractivity contribution is -0.129. The number of carbonyl (C=O) groups excluding carboxylic acids is 1. The number of halogens is 2. The maximum Gasteiger partial charge on any atom is 0.363 e. The summed E-state index contributed by atoms with van der Waals surface area (Å²) in [5.74, 6) is 0.371. The normalized spacial score (nSPS) is 15.5. The van der Waals surface area contributed by atoms with E-state index in [2.05, 4.69) is 4.99 Å². The highest BCUT2D eigenvalue weighted by Crippen LogP contribution is 2.26. The average Bonchev–Trinajstić information content (AvgIpc) is 2.91. The molecule has 1 aliphatic rings. The van der Waals surface area contributed by atoms with Gasteiger partial charge in [-0.25, -0.2) is 9.79 Å². The SMILES string of the molecule is COc1cccc(C=C2N=C(c3ccc(Cl)c(Cl)c3)OC2=O)c1. The van der Waals surface area contributed by atoms with Crippen LogP contribution in [-0.2, 0) is 9.53 Å². The number of hydrogen-bond acceptors (Lipinski definition) is 4. The molecule has 0 N–H and O–H groups in total. The van der Waals surface area contributed by atoms with Crippen LogP contribution in [0.2, 0.25) is 10.0 Å². The van der Waals surface area contributed by atoms with Crippen molar-refractivity contribution >= 4 is 41.1 Å². The number of ether oxygens (including phenoxy) is 2. The predicted octanol–water partition coefficient (Wildman–Crippen LogP) is 4.35. The summed E-state index contributed by atoms with van der Waals surface area (Å²) < 4.78 is 10.3. The first-order valence-corrected chi connectivity index (χ1v) is 7.44. The van der Waals surface area contributed by atoms with E-state index in [9.17, 15) is 4.79 Å². The summed E-state index contributed by atoms with van der Waals surface area (Å²) in [7, 11) is 1.58. The standard InChI is InChI=1S/C17H11Cl2NO3/c1-22-12-4-2-3-10(7-12)8-15-17(21)23-16(20-15)11-5-6-13(18)14(19)9-11/h2-9H,1H3. The maximum absolute atomic E-state index is 12.0. The highest BCUT2D eigenvalue weighted by atomic mass is 35.5. The van der Waals surface area contributed by atoms with Gasteiger partial charge in [-0.3, -0.25) is 0 Å². The molecule has 0 aromatic heterocycles. The number of esters is 1. The van der Waals surface area contributed by atoms with E-state index in [1.54, 1.807) is 37.5 Å². The molecular formula is C17H11Cl2NO3. The van der Waals surface area contributed by atoms with Crippen molar-refractivity contribution in [3.63, 3.8) is 0 Å². The van der Waals surface area contributed by atoms with Gasteiger partial charge in [0.15, 0.2) is 5.70 Å². The van der Waals surface area contributed by atoms with Gasteiger partial charge in [0.2, 0.25) is 5.90 Å². The number of nitrogens with zero attached hydrogens (tertiary/aromatic N) is 1. The van der Waals surface area contributed by atoms with E-state index in [0.29, 0.717) is 21.4 Å². The fourth-order valence-electron chi connectivity index (χ4n) is 2.05. The molecule has 0 saturated carbocycles. The Hall–Kier alpha value is -2.30. The quantitative estimate of drug-likeness (QED) is 0.612. The zero-order chi connectivity index (χ0) is 16.4. The van der Waals surface area contributed by atoms with Crippen molar-refractivity contribution < 1.29 is 14.3 Å². The van der Waals surface area contributed by atoms with E-state index in [4.69, 9.17) is 32.7 Å². The van der Waals surface area contributed by atoms with Crippen LogP contribution in [0.5, 0.6) is 5.75 Å². The Kier molecular flexibility index (Phi) is 4.37. The molecule has 0 spiro atoms. The van der Waals surface area contributed by atoms with Crippen LogP contribution in [0.1, 0.15) is 11.1 Å². The van der Waals surface area contributed by atoms with Crippen LogP contribution >= 0.6 is 23.2 Å². The highest BCUT2D eigenvalue weighted by molar-refractivity contribution is 6.42. The lowest BCUT2D eigenvalue weighted by Crippen LogP contribution is -2.05. The molecule has 4 nitrogen and oxygen atoms in total. The Morgan fingerprint density at radius 2 is 1.96 bits per heavy atom. The molecule has 23 heavy (non-hydrogen) atoms. The molecule has 2 aromatic rings. The molecule has 0 bridgehead atoms. The summed E-state index contributed by atoms with van der Waals surface area (Å²) >= 11 is 11.8. The molecule has 0 amide bonds. The van der Waals surface area contributed by atoms with Gasteiger partial charge in [0.25, 0.3) is 0 Å². The fourth-order valence-corrected chi connectivity index (χ4v) is 2.35. The van der Waals surface area contributed by atoms with Crippen molar-refractivity contribution in [3.8, 4) is 5.75 Å². The van der Waals surface area contributed by atoms with Gasteiger partial charge in [-0.05, 0) is 42.0 Å². The summed E-state index contributed by atoms with van der Waals surface area (Å²) in [6, 6.07) is 12.2. The Labute approximate surface area is 143 Å². The Balaban J connectivity index is 1.94. The molecule has 3 rings (SSSR count). The number of methoxy groups -OCH3 is 1. The third-order valence-electron chi connectivity index (χ3n) is 3.18. The van der Waals surface area contributed by atoms with Gasteiger partial charge in [0.1, 0.15) is 5.75 Å². The molecule has 0 fully saturated rings. The monoisotopic (exact) mass is 347 g/mol. The molecule has 0 aliphatic carbocycles. The third-order valence-corrected chi connectivity index (χ3v) is 3.92. The summed E-state index contributed by atoms with van der Waals surface area (Å²) in [5.41, 5.74) is 1.58. The van der Waals surface area contributed by atoms with Crippen LogP contribution in [-0.4, -0.2) is 19.0 Å². The minimum atomic E-state index is -0.520. The number of carbonyl (C=O) groups is 1. The lowest BCUT2D eigenvalue weighted by Gasteiger charge is -2.01. The van der Waals surface area contributed by atoms with Crippen molar-refractivity contribution in [1.82, 2.24) is 0 Å². The minimum absolute atomic E-state index is 0.197. The van der Waals surface area contributed by atoms with E-state index in [-0.39, 0.29) is 11.6 Å². The van der Waals surface area contributed by atoms with Crippen LogP contribution in [0.25, 0.3) is 6.08 Å². The van der Waals surface area contributed by atoms with Gasteiger partial charge in [-0.1, -0.05) is 35.3 Å². The van der Waals surface area contributed by atoms with Crippen molar-refractivity contribution in [1.29, 1.82) is 0 Å². The molecule has 0 unspecified atom stereocenters. The van der Waals surface area contributed by atoms with E-state index in [1.165, 1.54) is 0 Å². The molecule has 1 aliphatic heterocycles. The van der Waals surface area contributed by atoms with Crippen LogP contribution < -0.4 is 4.74 Å². The van der Waals surface area contributed by atoms with Gasteiger partial charge in [0, 0.05) is 5.56 Å². The topological polar surface area (TPSA) is 47.9 Å². The molecule has 1 heterocycles. The zero-order valence-electron chi connectivity index (χ0n) is 12.0. The maximum atomic E-state index is 12.0. The van der Waals surface area contributed by atoms with Crippen molar-refractivity contribution in [2.24, 2.45) is 4.99 Å². The first-order valence-electron chi connectivity index (χ1n) is 6.69. The Morgan fingerprint density at radius 1 is 1.13 bits per heavy atom. The van der Waals surface area contributed by atoms with Crippen LogP contribution in [0.15, 0.2) is 53.2 Å². The van der Waals surface area contributed by atoms with Crippen molar-refractivity contribution in [2.75, 3.05) is 7.11 Å². The Bertz CT molecular complexity index is 843. The summed E-state index contributed by atoms with van der Waals surface area (Å²) in [5, 5.41) is 0.792. The minimum Gasteiger partial charge on any atom is -0.497 e. The highest BCUT2D eigenvalue weighted by Gasteiger charge is 2.24. The van der Waals surface area contributed by atoms with Crippen molar-refractivity contribution in [2.45, 2.75) is 0 Å². The third kappa shape index (κ3) is 3.38. The van der Waals surface area contributed by atoms with Gasteiger partial charge in [0.05, 0.1) is 17.2 Å². The molecule has 6 heteroatoms. The predicted molar refractivity (Wildman–Crippen MR) is 90.1 cm³/mol. The molecule has 0 atom stereocenters. The van der Waals surface area contributed by atoms with Gasteiger partial charge >= 0.3 is 5.97 Å². The second kappa shape index (κ2) is 6.44. The number of benzene rings is 2. The van der Waals surface area contributed by atoms with Gasteiger partial charge < -0.3 is 9.47 Å². The van der Waals surface area contributed by atoms with Crippen molar-refractivity contribution in [3.05, 3.63) is 69.3 Å². The molecule has 0 saturated heterocycles. The smallest absolute Gasteiger partial charge is 0.363 e. The lowest BCUT2D eigenvalue weighted by atomic mass is 10.2. The molecule has 0 radical (unpaired) electrons. The number of rotatable bonds is 3. The average molecular weight is 348 g/mol. The zero-order valence-corrected chi connectivity index (χ0v) is 13.6. The molecular weight excluding hydrogens is 337 g/mol. The van der Waals surface area contributed by atoms with Crippen LogP contribution in [0.3, 0.4) is 0 Å². The second-order valence-electron chi connectivity index (χ2n) is 4.74. The first-order chi connectivity index (χ1) is 11.1. The fraction of sp³-hybridized carbons (Fsp3) is 0.0588. The summed E-state index contributed by atoms with van der Waals surface area (Å²) in [6.45, 7) is 0. The van der Waals surface area contributed by atoms with E-state index in [1.807, 2.05) is 18.2 Å². The number of aliphatic imine (C=N–C) groups is 1. The summed E-state index contributed by atoms with van der Waals surface area (Å²) in [6.07, 6.45) is 1.63. The summed E-state index contributed by atoms with van der Waals surface area (Å²) in [4.78, 5) is 16.2. The second-order valence-corrected chi connectivity index (χ2v) is 5.56. The number of hydrogen-bond donors (Lipinski definition) is 0. The number of cyclic esters (lactones) is 1. The van der Waals surface area contributed by atoms with Gasteiger partial charge in [-0.2, -0.15) is 0 Å². The Morgan fingerprint density at radius 3 is 2.70 bits per heavy atom. The van der Waals surface area contributed by atoms with Crippen LogP contribution in [0, 0.1) is 0 Å². The van der Waals surface area contributed by atoms with E-state index < -0.39 is 5.97 Å². The largest absolute Gasteiger partial charge is 0.497 e. The first kappa shape index (κ1) is 15.6.